The van der Waals surface area contributed by atoms with Crippen LogP contribution < -0.4 is 15.4 Å². The predicted molar refractivity (Wildman–Crippen MR) is 138 cm³/mol. The normalized spacial score (nSPS) is 16.3. The average molecular weight is 520 g/mol. The zero-order valence-electron chi connectivity index (χ0n) is 20.4. The average Bonchev–Trinajstić information content (AvgIpc) is 3.43. The lowest BCUT2D eigenvalue weighted by molar-refractivity contribution is -0.188. The van der Waals surface area contributed by atoms with Crippen LogP contribution in [0.15, 0.2) is 43.0 Å². The Hall–Kier alpha value is -3.87. The number of likely N-dealkylation sites (tertiary alicyclic amines) is 1. The smallest absolute Gasteiger partial charge is 0.260 e. The lowest BCUT2D eigenvalue weighted by Crippen LogP contribution is -2.66. The molecule has 37 heavy (non-hydrogen) atoms. The van der Waals surface area contributed by atoms with Gasteiger partial charge in [0.15, 0.2) is 0 Å². The Labute approximate surface area is 216 Å². The molecule has 2 amide bonds. The molecule has 2 aliphatic heterocycles. The fourth-order valence-corrected chi connectivity index (χ4v) is 5.79. The quantitative estimate of drug-likeness (QED) is 0.382. The Bertz CT molecular complexity index is 1500. The number of nitrogens with zero attached hydrogens (tertiary/aromatic N) is 5. The largest absolute Gasteiger partial charge is 0.481 e. The van der Waals surface area contributed by atoms with Crippen LogP contribution in [0, 0.1) is 12.3 Å². The van der Waals surface area contributed by atoms with Gasteiger partial charge < -0.3 is 20.1 Å². The number of aromatic nitrogens is 4. The molecule has 0 aromatic carbocycles. The van der Waals surface area contributed by atoms with Crippen LogP contribution in [0.3, 0.4) is 0 Å². The van der Waals surface area contributed by atoms with Crippen molar-refractivity contribution in [3.8, 4) is 16.3 Å². The SMILES string of the molecule is COc1ncccc1-c1cn2ncc(C(=O)Nc3cc(NC(=O)CN4CC5(COC5)C4)cnc3C)c2s1. The zero-order valence-corrected chi connectivity index (χ0v) is 21.2. The highest BCUT2D eigenvalue weighted by molar-refractivity contribution is 7.21. The first-order chi connectivity index (χ1) is 17.9. The van der Waals surface area contributed by atoms with E-state index >= 15 is 0 Å². The van der Waals surface area contributed by atoms with E-state index in [0.717, 1.165) is 36.7 Å². The minimum absolute atomic E-state index is 0.117. The van der Waals surface area contributed by atoms with Crippen molar-refractivity contribution >= 4 is 39.4 Å². The highest BCUT2D eigenvalue weighted by atomic mass is 32.1. The Morgan fingerprint density at radius 1 is 1.22 bits per heavy atom. The van der Waals surface area contributed by atoms with Crippen molar-refractivity contribution in [3.05, 3.63) is 54.2 Å². The maximum absolute atomic E-state index is 13.2. The number of hydrogen-bond acceptors (Lipinski definition) is 9. The molecule has 0 saturated carbocycles. The van der Waals surface area contributed by atoms with Gasteiger partial charge in [0.05, 0.1) is 72.3 Å². The summed E-state index contributed by atoms with van der Waals surface area (Å²) in [5, 5.41) is 10.1. The molecule has 0 unspecified atom stereocenters. The molecule has 0 atom stereocenters. The van der Waals surface area contributed by atoms with Crippen LogP contribution in [0.1, 0.15) is 16.1 Å². The Morgan fingerprint density at radius 3 is 2.81 bits per heavy atom. The van der Waals surface area contributed by atoms with Gasteiger partial charge >= 0.3 is 0 Å². The molecule has 0 bridgehead atoms. The number of methoxy groups -OCH3 is 1. The second-order valence-corrected chi connectivity index (χ2v) is 10.5. The van der Waals surface area contributed by atoms with Crippen molar-refractivity contribution in [2.75, 3.05) is 50.6 Å². The molecule has 6 heterocycles. The van der Waals surface area contributed by atoms with Gasteiger partial charge in [0.2, 0.25) is 11.8 Å². The minimum atomic E-state index is -0.316. The van der Waals surface area contributed by atoms with Gasteiger partial charge in [0.25, 0.3) is 5.91 Å². The number of thiazole rings is 1. The summed E-state index contributed by atoms with van der Waals surface area (Å²) in [6, 6.07) is 5.46. The molecule has 2 aliphatic rings. The van der Waals surface area contributed by atoms with Gasteiger partial charge in [0, 0.05) is 30.9 Å². The number of pyridine rings is 2. The molecule has 190 valence electrons. The van der Waals surface area contributed by atoms with Crippen molar-refractivity contribution < 1.29 is 19.1 Å². The zero-order chi connectivity index (χ0) is 25.6. The lowest BCUT2D eigenvalue weighted by atomic mass is 9.78. The first kappa shape index (κ1) is 23.5. The minimum Gasteiger partial charge on any atom is -0.481 e. The van der Waals surface area contributed by atoms with E-state index < -0.39 is 0 Å². The van der Waals surface area contributed by atoms with Crippen LogP contribution in [0.25, 0.3) is 15.3 Å². The Kier molecular flexibility index (Phi) is 5.86. The van der Waals surface area contributed by atoms with Gasteiger partial charge in [-0.05, 0) is 25.1 Å². The molecule has 6 rings (SSSR count). The molecule has 12 heteroatoms. The summed E-state index contributed by atoms with van der Waals surface area (Å²) in [5.41, 5.74) is 3.19. The van der Waals surface area contributed by atoms with Crippen LogP contribution in [0.4, 0.5) is 11.4 Å². The monoisotopic (exact) mass is 519 g/mol. The summed E-state index contributed by atoms with van der Waals surface area (Å²) in [6.07, 6.45) is 6.63. The van der Waals surface area contributed by atoms with Crippen LogP contribution in [-0.4, -0.2) is 76.3 Å². The van der Waals surface area contributed by atoms with E-state index in [1.165, 1.54) is 17.5 Å². The first-order valence-corrected chi connectivity index (χ1v) is 12.6. The van der Waals surface area contributed by atoms with E-state index in [0.29, 0.717) is 39.9 Å². The summed E-state index contributed by atoms with van der Waals surface area (Å²) in [7, 11) is 1.57. The molecule has 2 fully saturated rings. The molecule has 0 radical (unpaired) electrons. The third-order valence-electron chi connectivity index (χ3n) is 6.59. The van der Waals surface area contributed by atoms with Crippen molar-refractivity contribution in [1.29, 1.82) is 0 Å². The number of amides is 2. The number of aryl methyl sites for hydroxylation is 1. The Morgan fingerprint density at radius 2 is 2.05 bits per heavy atom. The molecule has 11 nitrogen and oxygen atoms in total. The molecular weight excluding hydrogens is 494 g/mol. The van der Waals surface area contributed by atoms with E-state index in [-0.39, 0.29) is 17.2 Å². The van der Waals surface area contributed by atoms with Crippen molar-refractivity contribution in [2.24, 2.45) is 5.41 Å². The maximum atomic E-state index is 13.2. The van der Waals surface area contributed by atoms with Gasteiger partial charge in [0.1, 0.15) is 4.83 Å². The lowest BCUT2D eigenvalue weighted by Gasteiger charge is -2.54. The summed E-state index contributed by atoms with van der Waals surface area (Å²) in [4.78, 5) is 38.0. The van der Waals surface area contributed by atoms with Crippen LogP contribution >= 0.6 is 11.3 Å². The molecule has 2 saturated heterocycles. The molecule has 0 aliphatic carbocycles. The van der Waals surface area contributed by atoms with Crippen molar-refractivity contribution in [1.82, 2.24) is 24.5 Å². The number of ether oxygens (including phenoxy) is 2. The van der Waals surface area contributed by atoms with Gasteiger partial charge in [-0.15, -0.1) is 11.3 Å². The number of fused-ring (bicyclic) bond motifs is 1. The summed E-state index contributed by atoms with van der Waals surface area (Å²) >= 11 is 1.42. The van der Waals surface area contributed by atoms with Gasteiger partial charge in [-0.25, -0.2) is 9.50 Å². The van der Waals surface area contributed by atoms with Gasteiger partial charge in [-0.2, -0.15) is 5.10 Å². The standard InChI is InChI=1S/C25H25N7O4S/c1-15-19(6-16(7-27-15)29-21(33)10-31-11-25(12-31)13-36-14-25)30-22(34)18-8-28-32-9-20(37-24(18)32)17-4-3-5-26-23(17)35-2/h3-9H,10-14H2,1-2H3,(H,29,33)(H,30,34). The van der Waals surface area contributed by atoms with E-state index in [4.69, 9.17) is 9.47 Å². The first-order valence-electron chi connectivity index (χ1n) is 11.8. The topological polar surface area (TPSA) is 123 Å². The summed E-state index contributed by atoms with van der Waals surface area (Å²) < 4.78 is 12.3. The maximum Gasteiger partial charge on any atom is 0.260 e. The number of rotatable bonds is 7. The van der Waals surface area contributed by atoms with E-state index in [1.54, 1.807) is 37.0 Å². The third-order valence-corrected chi connectivity index (χ3v) is 7.74. The van der Waals surface area contributed by atoms with Crippen LogP contribution in [0.2, 0.25) is 0 Å². The summed E-state index contributed by atoms with van der Waals surface area (Å²) in [5.74, 6) is 0.0704. The molecule has 4 aromatic rings. The highest BCUT2D eigenvalue weighted by Gasteiger charge is 2.49. The number of nitrogens with one attached hydrogen (secondary N) is 2. The molecule has 4 aromatic heterocycles. The molecule has 1 spiro atoms. The van der Waals surface area contributed by atoms with E-state index in [2.05, 4.69) is 30.6 Å². The van der Waals surface area contributed by atoms with E-state index in [1.807, 2.05) is 18.3 Å². The second-order valence-electron chi connectivity index (χ2n) is 9.46. The highest BCUT2D eigenvalue weighted by Crippen LogP contribution is 2.37. The molecular formula is C25H25N7O4S. The third kappa shape index (κ3) is 4.43. The van der Waals surface area contributed by atoms with Crippen molar-refractivity contribution in [3.63, 3.8) is 0 Å². The van der Waals surface area contributed by atoms with Crippen LogP contribution in [-0.2, 0) is 9.53 Å². The number of carbonyl (C=O) groups excluding carboxylic acids is 2. The fourth-order valence-electron chi connectivity index (χ4n) is 4.72. The number of hydrogen-bond donors (Lipinski definition) is 2. The van der Waals surface area contributed by atoms with Gasteiger partial charge in [-0.1, -0.05) is 0 Å². The second kappa shape index (κ2) is 9.21. The predicted octanol–water partition coefficient (Wildman–Crippen LogP) is 2.69. The number of anilines is 2. The van der Waals surface area contributed by atoms with E-state index in [9.17, 15) is 9.59 Å². The fraction of sp³-hybridized carbons (Fsp3) is 0.320. The van der Waals surface area contributed by atoms with Crippen molar-refractivity contribution in [2.45, 2.75) is 6.92 Å². The Balaban J connectivity index is 1.15. The number of carbonyl (C=O) groups is 2. The van der Waals surface area contributed by atoms with Crippen LogP contribution in [0.5, 0.6) is 5.88 Å². The molecule has 2 N–H and O–H groups in total. The van der Waals surface area contributed by atoms with Gasteiger partial charge in [-0.3, -0.25) is 19.5 Å². The summed E-state index contributed by atoms with van der Waals surface area (Å²) in [6.45, 7) is 5.44.